The van der Waals surface area contributed by atoms with Crippen molar-refractivity contribution in [1.29, 1.82) is 0 Å². The largest absolute Gasteiger partial charge is 0.493 e. The van der Waals surface area contributed by atoms with E-state index in [-0.39, 0.29) is 6.61 Å². The van der Waals surface area contributed by atoms with Gasteiger partial charge in [-0.15, -0.1) is 0 Å². The van der Waals surface area contributed by atoms with E-state index in [9.17, 15) is 5.11 Å². The molecule has 1 heterocycles. The van der Waals surface area contributed by atoms with Crippen LogP contribution in [0.2, 0.25) is 0 Å². The van der Waals surface area contributed by atoms with Gasteiger partial charge in [-0.05, 0) is 57.5 Å². The number of hydrogen-bond acceptors (Lipinski definition) is 6. The Kier molecular flexibility index (Phi) is 9.25. The van der Waals surface area contributed by atoms with Gasteiger partial charge < -0.3 is 24.2 Å². The first-order valence-electron chi connectivity index (χ1n) is 11.5. The maximum absolute atomic E-state index is 10.5. The van der Waals surface area contributed by atoms with E-state index in [2.05, 4.69) is 30.0 Å². The van der Waals surface area contributed by atoms with E-state index in [1.54, 1.807) is 7.11 Å². The maximum Gasteiger partial charge on any atom is 0.161 e. The first-order valence-corrected chi connectivity index (χ1v) is 11.5. The fourth-order valence-corrected chi connectivity index (χ4v) is 4.71. The molecule has 0 bridgehead atoms. The minimum atomic E-state index is -0.513. The monoisotopic (exact) mass is 420 g/mol. The Morgan fingerprint density at radius 1 is 1.00 bits per heavy atom. The van der Waals surface area contributed by atoms with Gasteiger partial charge in [0.25, 0.3) is 0 Å². The predicted molar refractivity (Wildman–Crippen MR) is 119 cm³/mol. The van der Waals surface area contributed by atoms with Gasteiger partial charge in [0, 0.05) is 38.4 Å². The molecule has 1 saturated heterocycles. The van der Waals surface area contributed by atoms with Crippen LogP contribution in [0.15, 0.2) is 18.2 Å². The molecule has 2 fully saturated rings. The highest BCUT2D eigenvalue weighted by Gasteiger charge is 2.21. The zero-order valence-electron chi connectivity index (χ0n) is 19.0. The van der Waals surface area contributed by atoms with Gasteiger partial charge in [-0.2, -0.15) is 0 Å². The lowest BCUT2D eigenvalue weighted by Crippen LogP contribution is -2.40. The fraction of sp³-hybridized carbons (Fsp3) is 0.750. The third-order valence-electron chi connectivity index (χ3n) is 6.60. The number of rotatable bonds is 10. The number of aliphatic hydroxyl groups excluding tert-OH is 1. The standard InChI is InChI=1S/C24H40N2O4/c1-25(21-11-13-29-14-12-21)16-19-9-10-23(24(15-19)28-3)30-18-22(27)17-26(2)20-7-5-4-6-8-20/h9-10,15,20-22,27H,4-8,11-14,16-18H2,1-3H3/t22-/m0/s1. The number of likely N-dealkylation sites (N-methyl/N-ethyl adjacent to an activating group) is 1. The SMILES string of the molecule is COc1cc(CN(C)C2CCOCC2)ccc1OC[C@@H](O)CN(C)C1CCCCC1. The molecular weight excluding hydrogens is 380 g/mol. The molecule has 0 unspecified atom stereocenters. The van der Waals surface area contributed by atoms with Gasteiger partial charge in [-0.25, -0.2) is 0 Å². The van der Waals surface area contributed by atoms with Crippen LogP contribution in [-0.2, 0) is 11.3 Å². The van der Waals surface area contributed by atoms with E-state index < -0.39 is 6.10 Å². The van der Waals surface area contributed by atoms with Gasteiger partial charge in [-0.3, -0.25) is 4.90 Å². The summed E-state index contributed by atoms with van der Waals surface area (Å²) in [6, 6.07) is 7.26. The Hall–Kier alpha value is -1.34. The zero-order valence-corrected chi connectivity index (χ0v) is 19.0. The number of ether oxygens (including phenoxy) is 3. The average molecular weight is 421 g/mol. The Labute approximate surface area is 182 Å². The van der Waals surface area contributed by atoms with E-state index in [0.29, 0.717) is 24.4 Å². The van der Waals surface area contributed by atoms with Crippen LogP contribution in [0.5, 0.6) is 11.5 Å². The summed E-state index contributed by atoms with van der Waals surface area (Å²) in [7, 11) is 5.96. The van der Waals surface area contributed by atoms with Crippen molar-refractivity contribution in [3.63, 3.8) is 0 Å². The van der Waals surface area contributed by atoms with Crippen molar-refractivity contribution in [1.82, 2.24) is 9.80 Å². The van der Waals surface area contributed by atoms with Gasteiger partial charge in [0.05, 0.1) is 7.11 Å². The smallest absolute Gasteiger partial charge is 0.161 e. The molecule has 1 aliphatic carbocycles. The molecular formula is C24H40N2O4. The second-order valence-corrected chi connectivity index (χ2v) is 8.94. The third-order valence-corrected chi connectivity index (χ3v) is 6.60. The first-order chi connectivity index (χ1) is 14.6. The summed E-state index contributed by atoms with van der Waals surface area (Å²) in [5, 5.41) is 10.5. The highest BCUT2D eigenvalue weighted by molar-refractivity contribution is 5.43. The van der Waals surface area contributed by atoms with Crippen LogP contribution in [0.4, 0.5) is 0 Å². The lowest BCUT2D eigenvalue weighted by molar-refractivity contribution is 0.0406. The molecule has 170 valence electrons. The molecule has 1 N–H and O–H groups in total. The van der Waals surface area contributed by atoms with Gasteiger partial charge in [-0.1, -0.05) is 25.3 Å². The van der Waals surface area contributed by atoms with Crippen molar-refractivity contribution in [2.45, 2.75) is 69.7 Å². The number of methoxy groups -OCH3 is 1. The van der Waals surface area contributed by atoms with Crippen LogP contribution in [0.3, 0.4) is 0 Å². The maximum atomic E-state index is 10.5. The van der Waals surface area contributed by atoms with Crippen LogP contribution in [-0.4, -0.2) is 80.7 Å². The normalized spacial score (nSPS) is 19.9. The zero-order chi connectivity index (χ0) is 21.3. The molecule has 1 saturated carbocycles. The lowest BCUT2D eigenvalue weighted by atomic mass is 9.94. The second kappa shape index (κ2) is 11.9. The quantitative estimate of drug-likeness (QED) is 0.627. The fourth-order valence-electron chi connectivity index (χ4n) is 4.71. The van der Waals surface area contributed by atoms with Gasteiger partial charge in [0.15, 0.2) is 11.5 Å². The molecule has 1 aromatic carbocycles. The Morgan fingerprint density at radius 2 is 1.70 bits per heavy atom. The molecule has 30 heavy (non-hydrogen) atoms. The van der Waals surface area contributed by atoms with Crippen molar-refractivity contribution >= 4 is 0 Å². The minimum Gasteiger partial charge on any atom is -0.493 e. The van der Waals surface area contributed by atoms with Crippen LogP contribution in [0.25, 0.3) is 0 Å². The first kappa shape index (κ1) is 23.3. The summed E-state index contributed by atoms with van der Waals surface area (Å²) in [6.07, 6.45) is 8.08. The van der Waals surface area contributed by atoms with E-state index in [4.69, 9.17) is 14.2 Å². The van der Waals surface area contributed by atoms with Crippen molar-refractivity contribution < 1.29 is 19.3 Å². The molecule has 2 aliphatic rings. The van der Waals surface area contributed by atoms with Crippen molar-refractivity contribution in [3.8, 4) is 11.5 Å². The van der Waals surface area contributed by atoms with E-state index in [1.165, 1.54) is 37.7 Å². The van der Waals surface area contributed by atoms with Crippen LogP contribution < -0.4 is 9.47 Å². The van der Waals surface area contributed by atoms with Crippen LogP contribution >= 0.6 is 0 Å². The molecule has 1 aromatic rings. The molecule has 0 spiro atoms. The van der Waals surface area contributed by atoms with Crippen molar-refractivity contribution in [3.05, 3.63) is 23.8 Å². The molecule has 1 aliphatic heterocycles. The lowest BCUT2D eigenvalue weighted by Gasteiger charge is -2.32. The van der Waals surface area contributed by atoms with Crippen LogP contribution in [0.1, 0.15) is 50.5 Å². The number of nitrogens with zero attached hydrogens (tertiary/aromatic N) is 2. The van der Waals surface area contributed by atoms with Crippen molar-refractivity contribution in [2.75, 3.05) is 47.6 Å². The summed E-state index contributed by atoms with van der Waals surface area (Å²) in [5.74, 6) is 1.41. The summed E-state index contributed by atoms with van der Waals surface area (Å²) < 4.78 is 17.0. The highest BCUT2D eigenvalue weighted by atomic mass is 16.5. The topological polar surface area (TPSA) is 54.4 Å². The Balaban J connectivity index is 1.49. The molecule has 6 heteroatoms. The molecule has 6 nitrogen and oxygen atoms in total. The second-order valence-electron chi connectivity index (χ2n) is 8.94. The van der Waals surface area contributed by atoms with Gasteiger partial charge in [0.2, 0.25) is 0 Å². The molecule has 1 atom stereocenters. The van der Waals surface area contributed by atoms with E-state index in [1.807, 2.05) is 12.1 Å². The number of aliphatic hydroxyl groups is 1. The van der Waals surface area contributed by atoms with Crippen molar-refractivity contribution in [2.24, 2.45) is 0 Å². The molecule has 0 radical (unpaired) electrons. The third kappa shape index (κ3) is 6.84. The van der Waals surface area contributed by atoms with Gasteiger partial charge >= 0.3 is 0 Å². The average Bonchev–Trinajstić information content (AvgIpc) is 2.79. The predicted octanol–water partition coefficient (Wildman–Crippen LogP) is 3.31. The van der Waals surface area contributed by atoms with Gasteiger partial charge in [0.1, 0.15) is 12.7 Å². The number of benzene rings is 1. The van der Waals surface area contributed by atoms with Crippen LogP contribution in [0, 0.1) is 0 Å². The highest BCUT2D eigenvalue weighted by Crippen LogP contribution is 2.29. The van der Waals surface area contributed by atoms with E-state index in [0.717, 1.165) is 38.3 Å². The summed E-state index contributed by atoms with van der Waals surface area (Å²) in [5.41, 5.74) is 1.20. The molecule has 0 aromatic heterocycles. The molecule has 0 amide bonds. The molecule has 3 rings (SSSR count). The summed E-state index contributed by atoms with van der Waals surface area (Å²) >= 11 is 0. The number of hydrogen-bond donors (Lipinski definition) is 1. The summed E-state index contributed by atoms with van der Waals surface area (Å²) in [6.45, 7) is 3.48. The minimum absolute atomic E-state index is 0.273. The Morgan fingerprint density at radius 3 is 2.40 bits per heavy atom. The Bertz CT molecular complexity index is 630. The van der Waals surface area contributed by atoms with E-state index >= 15 is 0 Å². The summed E-state index contributed by atoms with van der Waals surface area (Å²) in [4.78, 5) is 4.68.